The number of rotatable bonds is 9. The molecule has 0 radical (unpaired) electrons. The molecule has 2 aromatic carbocycles. The van der Waals surface area contributed by atoms with Crippen molar-refractivity contribution >= 4 is 34.2 Å². The number of nitrogens with two attached hydrogens (primary N) is 1. The van der Waals surface area contributed by atoms with E-state index in [1.807, 2.05) is 25.1 Å². The Bertz CT molecular complexity index is 1860. The summed E-state index contributed by atoms with van der Waals surface area (Å²) in [5.41, 5.74) is 11.2. The van der Waals surface area contributed by atoms with Crippen molar-refractivity contribution in [3.8, 4) is 40.2 Å². The molecule has 0 saturated carbocycles. The van der Waals surface area contributed by atoms with E-state index in [-0.39, 0.29) is 36.4 Å². The second-order valence-electron chi connectivity index (χ2n) is 9.30. The first-order chi connectivity index (χ1) is 20.3. The monoisotopic (exact) mass is 581 g/mol. The number of halogens is 2. The molecule has 0 bridgehead atoms. The van der Waals surface area contributed by atoms with Gasteiger partial charge in [0, 0.05) is 35.8 Å². The van der Waals surface area contributed by atoms with Gasteiger partial charge in [-0.25, -0.2) is 19.3 Å². The lowest BCUT2D eigenvalue weighted by Crippen LogP contribution is -2.19. The number of carbonyl (C=O) groups excluding carboxylic acids is 1. The lowest BCUT2D eigenvalue weighted by atomic mass is 9.97. The number of pyridine rings is 1. The predicted octanol–water partition coefficient (Wildman–Crippen LogP) is 6.14. The Morgan fingerprint density at radius 1 is 1.24 bits per heavy atom. The zero-order chi connectivity index (χ0) is 29.8. The van der Waals surface area contributed by atoms with Crippen LogP contribution in [0.4, 0.5) is 10.2 Å². The third-order valence-electron chi connectivity index (χ3n) is 6.60. The van der Waals surface area contributed by atoms with Crippen molar-refractivity contribution in [3.63, 3.8) is 0 Å². The molecular formula is C31H25ClFN7O2. The van der Waals surface area contributed by atoms with Crippen LogP contribution >= 0.6 is 11.6 Å². The predicted molar refractivity (Wildman–Crippen MR) is 160 cm³/mol. The fraction of sp³-hybridized carbons (Fsp3) is 0.129. The fourth-order valence-corrected chi connectivity index (χ4v) is 5.04. The zero-order valence-corrected chi connectivity index (χ0v) is 23.3. The second-order valence-corrected chi connectivity index (χ2v) is 9.71. The maximum Gasteiger partial charge on any atom is 0.322 e. The number of nitrogens with zero attached hydrogens (tertiary/aromatic N) is 5. The molecule has 0 atom stereocenters. The van der Waals surface area contributed by atoms with Gasteiger partial charge in [-0.05, 0) is 48.4 Å². The third kappa shape index (κ3) is 5.50. The average molecular weight is 582 g/mol. The highest BCUT2D eigenvalue weighted by atomic mass is 35.5. The minimum Gasteiger partial charge on any atom is -0.424 e. The van der Waals surface area contributed by atoms with Gasteiger partial charge in [-0.1, -0.05) is 42.4 Å². The lowest BCUT2D eigenvalue weighted by molar-refractivity contribution is -0.116. The van der Waals surface area contributed by atoms with Crippen molar-refractivity contribution in [1.82, 2.24) is 24.8 Å². The molecule has 5 aromatic rings. The van der Waals surface area contributed by atoms with Crippen molar-refractivity contribution < 1.29 is 13.9 Å². The van der Waals surface area contributed by atoms with Crippen molar-refractivity contribution in [3.05, 3.63) is 95.4 Å². The number of nitrogen functional groups attached to an aromatic ring is 1. The maximum atomic E-state index is 14.1. The van der Waals surface area contributed by atoms with E-state index >= 15 is 0 Å². The first-order valence-electron chi connectivity index (χ1n) is 12.9. The normalized spacial score (nSPS) is 10.8. The van der Waals surface area contributed by atoms with E-state index in [0.717, 1.165) is 11.3 Å². The van der Waals surface area contributed by atoms with Crippen LogP contribution in [0.2, 0.25) is 5.02 Å². The summed E-state index contributed by atoms with van der Waals surface area (Å²) in [6, 6.07) is 16.7. The zero-order valence-electron chi connectivity index (χ0n) is 22.6. The summed E-state index contributed by atoms with van der Waals surface area (Å²) < 4.78 is 21.6. The Kier molecular flexibility index (Phi) is 8.13. The highest BCUT2D eigenvalue weighted by Crippen LogP contribution is 2.46. The number of hydrogen-bond acceptors (Lipinski definition) is 7. The Morgan fingerprint density at radius 3 is 2.69 bits per heavy atom. The summed E-state index contributed by atoms with van der Waals surface area (Å²) in [6.07, 6.45) is 4.18. The van der Waals surface area contributed by atoms with E-state index in [1.54, 1.807) is 41.1 Å². The van der Waals surface area contributed by atoms with Crippen LogP contribution in [0.25, 0.3) is 33.3 Å². The van der Waals surface area contributed by atoms with Gasteiger partial charge in [0.1, 0.15) is 24.3 Å². The van der Waals surface area contributed by atoms with Crippen LogP contribution < -0.4 is 15.8 Å². The topological polar surface area (TPSA) is 132 Å². The number of ether oxygens (including phenoxy) is 1. The van der Waals surface area contributed by atoms with Crippen LogP contribution in [0, 0.1) is 18.3 Å². The summed E-state index contributed by atoms with van der Waals surface area (Å²) in [5.74, 6) is 0.381. The molecule has 9 nitrogen and oxygen atoms in total. The van der Waals surface area contributed by atoms with Crippen molar-refractivity contribution in [1.29, 1.82) is 5.26 Å². The van der Waals surface area contributed by atoms with Crippen LogP contribution in [0.3, 0.4) is 0 Å². The number of nitrogens with one attached hydrogen (secondary N) is 1. The SMILES string of the molecule is C=CC(=O)NCc1ccc(-c2c(-c3ccc(Oc4nccc(C)n4)cc3)c3c(N)ncc(C#N)c3n2CCF)c(Cl)c1. The fourth-order valence-electron chi connectivity index (χ4n) is 4.75. The van der Waals surface area contributed by atoms with E-state index in [1.165, 1.54) is 12.3 Å². The van der Waals surface area contributed by atoms with Gasteiger partial charge >= 0.3 is 6.01 Å². The molecule has 11 heteroatoms. The average Bonchev–Trinajstić information content (AvgIpc) is 3.32. The van der Waals surface area contributed by atoms with Crippen molar-refractivity contribution in [2.75, 3.05) is 12.4 Å². The van der Waals surface area contributed by atoms with E-state index in [0.29, 0.717) is 44.1 Å². The minimum atomic E-state index is -0.699. The van der Waals surface area contributed by atoms with Gasteiger partial charge in [-0.2, -0.15) is 5.26 Å². The summed E-state index contributed by atoms with van der Waals surface area (Å²) in [5, 5.41) is 13.5. The summed E-state index contributed by atoms with van der Waals surface area (Å²) >= 11 is 6.83. The molecule has 1 amide bonds. The number of carbonyl (C=O) groups is 1. The number of nitriles is 1. The highest BCUT2D eigenvalue weighted by molar-refractivity contribution is 6.34. The largest absolute Gasteiger partial charge is 0.424 e. The number of aromatic nitrogens is 4. The van der Waals surface area contributed by atoms with Crippen LogP contribution in [-0.2, 0) is 17.9 Å². The highest BCUT2D eigenvalue weighted by Gasteiger charge is 2.26. The lowest BCUT2D eigenvalue weighted by Gasteiger charge is -2.15. The van der Waals surface area contributed by atoms with Gasteiger partial charge in [-0.3, -0.25) is 4.79 Å². The molecule has 0 unspecified atom stereocenters. The number of aryl methyl sites for hydroxylation is 2. The summed E-state index contributed by atoms with van der Waals surface area (Å²) in [7, 11) is 0. The molecule has 3 heterocycles. The Hall–Kier alpha value is -5.27. The molecule has 0 aliphatic heterocycles. The quantitative estimate of drug-likeness (QED) is 0.200. The molecule has 5 rings (SSSR count). The Labute approximate surface area is 246 Å². The van der Waals surface area contributed by atoms with Crippen LogP contribution in [-0.4, -0.2) is 32.1 Å². The first kappa shape index (κ1) is 28.3. The van der Waals surface area contributed by atoms with E-state index in [2.05, 4.69) is 32.9 Å². The standard InChI is InChI=1S/C31H25ClFN7O2/c1-3-25(41)37-16-19-4-9-23(24(32)14-19)29-26(27-28(40(29)13-11-33)21(15-34)17-38-30(27)35)20-5-7-22(8-6-20)42-31-36-12-10-18(2)39-31/h3-10,12,14,17H,1,11,13,16H2,2H3,(H2,35,38)(H,37,41). The first-order valence-corrected chi connectivity index (χ1v) is 13.3. The van der Waals surface area contributed by atoms with Crippen molar-refractivity contribution in [2.24, 2.45) is 0 Å². The maximum absolute atomic E-state index is 14.1. The molecule has 42 heavy (non-hydrogen) atoms. The van der Waals surface area contributed by atoms with E-state index in [9.17, 15) is 14.4 Å². The van der Waals surface area contributed by atoms with Gasteiger partial charge in [0.25, 0.3) is 0 Å². The molecule has 3 aromatic heterocycles. The van der Waals surface area contributed by atoms with Crippen LogP contribution in [0.1, 0.15) is 16.8 Å². The minimum absolute atomic E-state index is 0.0523. The smallest absolute Gasteiger partial charge is 0.322 e. The van der Waals surface area contributed by atoms with Gasteiger partial charge in [-0.15, -0.1) is 0 Å². The van der Waals surface area contributed by atoms with Gasteiger partial charge in [0.15, 0.2) is 0 Å². The second kappa shape index (κ2) is 12.1. The number of amides is 1. The Morgan fingerprint density at radius 2 is 2.02 bits per heavy atom. The Balaban J connectivity index is 1.70. The van der Waals surface area contributed by atoms with E-state index in [4.69, 9.17) is 22.1 Å². The molecule has 0 saturated heterocycles. The number of alkyl halides is 1. The van der Waals surface area contributed by atoms with E-state index < -0.39 is 6.67 Å². The molecule has 3 N–H and O–H groups in total. The number of fused-ring (bicyclic) bond motifs is 1. The molecule has 0 fully saturated rings. The number of anilines is 1. The molecule has 0 spiro atoms. The molecule has 0 aliphatic rings. The van der Waals surface area contributed by atoms with Gasteiger partial charge in [0.2, 0.25) is 5.91 Å². The molecule has 0 aliphatic carbocycles. The molecule has 210 valence electrons. The van der Waals surface area contributed by atoms with Gasteiger partial charge in [0.05, 0.1) is 33.7 Å². The van der Waals surface area contributed by atoms with Crippen LogP contribution in [0.5, 0.6) is 11.8 Å². The van der Waals surface area contributed by atoms with Crippen molar-refractivity contribution in [2.45, 2.75) is 20.0 Å². The third-order valence-corrected chi connectivity index (χ3v) is 6.91. The molecular weight excluding hydrogens is 557 g/mol. The van der Waals surface area contributed by atoms with Crippen LogP contribution in [0.15, 0.2) is 73.6 Å². The van der Waals surface area contributed by atoms with Gasteiger partial charge < -0.3 is 20.4 Å². The summed E-state index contributed by atoms with van der Waals surface area (Å²) in [6.45, 7) is 4.79. The summed E-state index contributed by atoms with van der Waals surface area (Å²) in [4.78, 5) is 24.3. The number of benzene rings is 2. The number of hydrogen-bond donors (Lipinski definition) is 2.